The molecule has 1 N–H and O–H groups in total. The van der Waals surface area contributed by atoms with Gasteiger partial charge in [0, 0.05) is 0 Å². The molecule has 6 heteroatoms. The van der Waals surface area contributed by atoms with Crippen LogP contribution in [0.2, 0.25) is 0 Å². The number of amides is 1. The monoisotopic (exact) mass is 514 g/mol. The first-order valence-corrected chi connectivity index (χ1v) is 14.3. The van der Waals surface area contributed by atoms with Crippen molar-refractivity contribution in [2.45, 2.75) is 52.7 Å². The lowest BCUT2D eigenvalue weighted by molar-refractivity contribution is -0.115. The van der Waals surface area contributed by atoms with Gasteiger partial charge in [0.1, 0.15) is 17.0 Å². The Kier molecular flexibility index (Phi) is 9.14. The van der Waals surface area contributed by atoms with Crippen LogP contribution in [0.25, 0.3) is 0 Å². The van der Waals surface area contributed by atoms with Crippen LogP contribution in [-0.2, 0) is 9.53 Å². The van der Waals surface area contributed by atoms with Gasteiger partial charge in [-0.05, 0) is 55.9 Å². The molecular weight excluding hydrogens is 479 g/mol. The SMILES string of the molecule is CC(C)C[C@H](NC(=O)OC(C)(C)C)C(=O)C(C#N)=P(c1ccccc1)(c1ccccc1)c1ccccc1. The van der Waals surface area contributed by atoms with Crippen molar-refractivity contribution in [2.75, 3.05) is 0 Å². The van der Waals surface area contributed by atoms with Crippen LogP contribution in [0.1, 0.15) is 41.0 Å². The van der Waals surface area contributed by atoms with E-state index >= 15 is 0 Å². The average Bonchev–Trinajstić information content (AvgIpc) is 2.86. The molecule has 0 fully saturated rings. The maximum absolute atomic E-state index is 14.4. The number of carbonyl (C=O) groups is 2. The minimum Gasteiger partial charge on any atom is -0.444 e. The third-order valence-electron chi connectivity index (χ3n) is 5.82. The number of hydrogen-bond acceptors (Lipinski definition) is 4. The number of nitriles is 1. The fraction of sp³-hybridized carbons (Fsp3) is 0.290. The molecule has 0 aliphatic rings. The summed E-state index contributed by atoms with van der Waals surface area (Å²) in [6, 6.07) is 30.7. The Hall–Kier alpha value is -3.61. The third-order valence-corrected chi connectivity index (χ3v) is 10.0. The summed E-state index contributed by atoms with van der Waals surface area (Å²) in [5.74, 6) is -0.284. The molecule has 192 valence electrons. The van der Waals surface area contributed by atoms with Gasteiger partial charge in [0.25, 0.3) is 0 Å². The van der Waals surface area contributed by atoms with Gasteiger partial charge in [0.2, 0.25) is 0 Å². The van der Waals surface area contributed by atoms with E-state index in [1.54, 1.807) is 20.8 Å². The Morgan fingerprint density at radius 1 is 0.838 bits per heavy atom. The van der Waals surface area contributed by atoms with Gasteiger partial charge in [0.05, 0.1) is 6.04 Å². The molecule has 0 aliphatic heterocycles. The number of benzene rings is 3. The highest BCUT2D eigenvalue weighted by Crippen LogP contribution is 2.46. The standard InChI is InChI=1S/C31H35N2O3P/c1-23(2)21-27(33-30(35)36-31(3,4)5)29(34)28(22-32)37(24-15-9-6-10-16-24,25-17-11-7-12-18-25)26-19-13-8-14-20-26/h6-20,23,27H,21H2,1-5H3,(H,33,35)/t27-/m0/s1. The highest BCUT2D eigenvalue weighted by atomic mass is 31.2. The molecule has 0 unspecified atom stereocenters. The van der Waals surface area contributed by atoms with Crippen LogP contribution in [0.5, 0.6) is 0 Å². The van der Waals surface area contributed by atoms with Gasteiger partial charge in [-0.3, -0.25) is 4.79 Å². The first-order valence-electron chi connectivity index (χ1n) is 12.5. The fourth-order valence-corrected chi connectivity index (χ4v) is 8.57. The quantitative estimate of drug-likeness (QED) is 0.420. The van der Waals surface area contributed by atoms with E-state index in [0.29, 0.717) is 6.42 Å². The Labute approximate surface area is 220 Å². The zero-order valence-electron chi connectivity index (χ0n) is 22.1. The maximum Gasteiger partial charge on any atom is 0.408 e. The molecule has 0 saturated carbocycles. The molecule has 0 aliphatic carbocycles. The highest BCUT2D eigenvalue weighted by Gasteiger charge is 2.37. The second-order valence-corrected chi connectivity index (χ2v) is 13.7. The largest absolute Gasteiger partial charge is 0.444 e. The first kappa shape index (κ1) is 28.0. The lowest BCUT2D eigenvalue weighted by Gasteiger charge is -2.31. The van der Waals surface area contributed by atoms with Crippen molar-refractivity contribution in [1.82, 2.24) is 5.32 Å². The van der Waals surface area contributed by atoms with Gasteiger partial charge in [-0.1, -0.05) is 105 Å². The minimum absolute atomic E-state index is 0.0988. The van der Waals surface area contributed by atoms with E-state index in [4.69, 9.17) is 4.74 Å². The number of carbonyl (C=O) groups excluding carboxylic acids is 2. The molecule has 37 heavy (non-hydrogen) atoms. The molecule has 3 rings (SSSR count). The minimum atomic E-state index is -2.89. The Morgan fingerprint density at radius 3 is 1.57 bits per heavy atom. The van der Waals surface area contributed by atoms with Gasteiger partial charge < -0.3 is 10.1 Å². The van der Waals surface area contributed by atoms with Crippen LogP contribution in [-0.4, -0.2) is 28.8 Å². The van der Waals surface area contributed by atoms with Gasteiger partial charge in [-0.2, -0.15) is 5.26 Å². The van der Waals surface area contributed by atoms with Gasteiger partial charge in [-0.15, -0.1) is 0 Å². The van der Waals surface area contributed by atoms with Crippen molar-refractivity contribution >= 4 is 40.0 Å². The molecule has 1 amide bonds. The zero-order valence-corrected chi connectivity index (χ0v) is 23.0. The van der Waals surface area contributed by atoms with E-state index in [1.165, 1.54) is 0 Å². The van der Waals surface area contributed by atoms with Crippen LogP contribution >= 0.6 is 6.89 Å². The summed E-state index contributed by atoms with van der Waals surface area (Å²) < 4.78 is 5.47. The Bertz CT molecular complexity index is 1200. The summed E-state index contributed by atoms with van der Waals surface area (Å²) in [6.07, 6.45) is -0.298. The van der Waals surface area contributed by atoms with Gasteiger partial charge in [-0.25, -0.2) is 4.79 Å². The Morgan fingerprint density at radius 2 is 1.24 bits per heavy atom. The van der Waals surface area contributed by atoms with Crippen molar-refractivity contribution in [3.63, 3.8) is 0 Å². The average molecular weight is 515 g/mol. The molecular formula is C31H35N2O3P. The van der Waals surface area contributed by atoms with E-state index in [9.17, 15) is 14.9 Å². The summed E-state index contributed by atoms with van der Waals surface area (Å²) in [7, 11) is 0. The molecule has 0 spiro atoms. The van der Waals surface area contributed by atoms with Crippen LogP contribution in [0.15, 0.2) is 91.0 Å². The molecule has 0 radical (unpaired) electrons. The summed E-state index contributed by atoms with van der Waals surface area (Å²) in [5, 5.41) is 16.3. The summed E-state index contributed by atoms with van der Waals surface area (Å²) in [6.45, 7) is 6.40. The number of rotatable bonds is 8. The predicted octanol–water partition coefficient (Wildman–Crippen LogP) is 5.18. The Balaban J connectivity index is 2.37. The molecule has 0 aromatic heterocycles. The van der Waals surface area contributed by atoms with E-state index in [-0.39, 0.29) is 17.0 Å². The molecule has 0 heterocycles. The highest BCUT2D eigenvalue weighted by molar-refractivity contribution is 7.97. The van der Waals surface area contributed by atoms with Crippen LogP contribution in [0.3, 0.4) is 0 Å². The van der Waals surface area contributed by atoms with Crippen LogP contribution in [0, 0.1) is 17.2 Å². The molecule has 0 saturated heterocycles. The number of ketones is 1. The summed E-state index contributed by atoms with van der Waals surface area (Å²) >= 11 is 0. The van der Waals surface area contributed by atoms with Crippen LogP contribution in [0.4, 0.5) is 4.79 Å². The normalized spacial score (nSPS) is 12.4. The molecule has 0 bridgehead atoms. The smallest absolute Gasteiger partial charge is 0.408 e. The first-order chi connectivity index (χ1) is 17.6. The number of nitrogens with one attached hydrogen (secondary N) is 1. The third kappa shape index (κ3) is 6.59. The molecule has 3 aromatic rings. The van der Waals surface area contributed by atoms with Crippen molar-refractivity contribution < 1.29 is 14.3 Å². The number of Topliss-reactive ketones (excluding diaryl/α,β-unsaturated/α-hetero) is 1. The maximum atomic E-state index is 14.4. The van der Waals surface area contributed by atoms with Gasteiger partial charge in [0.15, 0.2) is 5.78 Å². The van der Waals surface area contributed by atoms with Crippen molar-refractivity contribution in [3.05, 3.63) is 91.0 Å². The number of ether oxygens (including phenoxy) is 1. The zero-order chi connectivity index (χ0) is 27.1. The van der Waals surface area contributed by atoms with E-state index in [1.807, 2.05) is 105 Å². The van der Waals surface area contributed by atoms with E-state index < -0.39 is 24.6 Å². The number of hydrogen-bond donors (Lipinski definition) is 1. The lowest BCUT2D eigenvalue weighted by Crippen LogP contribution is -2.47. The predicted molar refractivity (Wildman–Crippen MR) is 153 cm³/mol. The number of nitrogens with zero attached hydrogens (tertiary/aromatic N) is 1. The van der Waals surface area contributed by atoms with Gasteiger partial charge >= 0.3 is 6.09 Å². The van der Waals surface area contributed by atoms with E-state index in [0.717, 1.165) is 15.9 Å². The van der Waals surface area contributed by atoms with E-state index in [2.05, 4.69) is 11.4 Å². The molecule has 1 atom stereocenters. The second kappa shape index (κ2) is 12.1. The van der Waals surface area contributed by atoms with Crippen molar-refractivity contribution in [2.24, 2.45) is 5.92 Å². The number of alkyl carbamates (subject to hydrolysis) is 1. The summed E-state index contributed by atoms with van der Waals surface area (Å²) in [5.41, 5.74) is -0.716. The fourth-order valence-electron chi connectivity index (χ4n) is 4.40. The lowest BCUT2D eigenvalue weighted by atomic mass is 9.99. The summed E-state index contributed by atoms with van der Waals surface area (Å²) in [4.78, 5) is 27.1. The molecule has 5 nitrogen and oxygen atoms in total. The topological polar surface area (TPSA) is 79.2 Å². The van der Waals surface area contributed by atoms with Crippen LogP contribution < -0.4 is 21.2 Å². The van der Waals surface area contributed by atoms with Crippen molar-refractivity contribution in [3.8, 4) is 6.07 Å². The van der Waals surface area contributed by atoms with Crippen molar-refractivity contribution in [1.29, 1.82) is 5.26 Å². The molecule has 3 aromatic carbocycles. The second-order valence-electron chi connectivity index (χ2n) is 10.3.